The minimum atomic E-state index is -0.675. The first-order valence-corrected chi connectivity index (χ1v) is 19.4. The van der Waals surface area contributed by atoms with E-state index in [9.17, 15) is 0 Å². The Hall–Kier alpha value is -6.19. The largest absolute Gasteiger partial charge is 0.357 e. The molecule has 0 radical (unpaired) electrons. The van der Waals surface area contributed by atoms with Crippen molar-refractivity contribution in [2.45, 2.75) is 52.5 Å². The molecular formula is C52H53N3. The van der Waals surface area contributed by atoms with E-state index in [1.54, 1.807) is 0 Å². The summed E-state index contributed by atoms with van der Waals surface area (Å²) >= 11 is 0. The van der Waals surface area contributed by atoms with Crippen LogP contribution in [0.5, 0.6) is 0 Å². The molecule has 0 aromatic heterocycles. The highest BCUT2D eigenvalue weighted by atomic mass is 15.2. The van der Waals surface area contributed by atoms with Crippen LogP contribution in [0.15, 0.2) is 176 Å². The Balaban J connectivity index is 1.64. The predicted octanol–water partition coefficient (Wildman–Crippen LogP) is 13.5. The third kappa shape index (κ3) is 8.03. The van der Waals surface area contributed by atoms with Crippen molar-refractivity contribution in [3.8, 4) is 0 Å². The topological polar surface area (TPSA) is 27.6 Å². The van der Waals surface area contributed by atoms with Crippen LogP contribution in [0.2, 0.25) is 0 Å². The number of rotatable bonds is 12. The molecule has 0 saturated carbocycles. The Labute approximate surface area is 328 Å². The lowest BCUT2D eigenvalue weighted by Gasteiger charge is -2.36. The number of nitrogens with one attached hydrogen (secondary N) is 1. The van der Waals surface area contributed by atoms with E-state index < -0.39 is 5.54 Å². The first-order chi connectivity index (χ1) is 26.9. The number of hydrogen-bond donors (Lipinski definition) is 1. The second kappa shape index (κ2) is 17.8. The van der Waals surface area contributed by atoms with Gasteiger partial charge in [-0.25, -0.2) is 0 Å². The molecule has 1 unspecified atom stereocenters. The molecule has 0 aliphatic carbocycles. The number of unbranched alkanes of at least 4 members (excludes halogenated alkanes) is 1. The van der Waals surface area contributed by atoms with Crippen LogP contribution in [0.4, 0.5) is 11.4 Å². The highest BCUT2D eigenvalue weighted by Crippen LogP contribution is 2.46. The van der Waals surface area contributed by atoms with E-state index in [1.807, 2.05) is 24.3 Å². The maximum absolute atomic E-state index is 5.16. The van der Waals surface area contributed by atoms with Crippen LogP contribution < -0.4 is 10.2 Å². The lowest BCUT2D eigenvalue weighted by atomic mass is 9.82. The van der Waals surface area contributed by atoms with Crippen LogP contribution in [0.1, 0.15) is 79.5 Å². The van der Waals surface area contributed by atoms with Gasteiger partial charge in [-0.1, -0.05) is 173 Å². The number of anilines is 2. The number of amidine groups is 1. The Bertz CT molecular complexity index is 2350. The van der Waals surface area contributed by atoms with E-state index in [2.05, 4.69) is 185 Å². The minimum absolute atomic E-state index is 0.675. The van der Waals surface area contributed by atoms with Gasteiger partial charge in [0.25, 0.3) is 0 Å². The van der Waals surface area contributed by atoms with Gasteiger partial charge in [0, 0.05) is 35.3 Å². The smallest absolute Gasteiger partial charge is 0.129 e. The van der Waals surface area contributed by atoms with Gasteiger partial charge in [0.05, 0.1) is 11.2 Å². The highest BCUT2D eigenvalue weighted by Gasteiger charge is 2.33. The molecule has 0 bridgehead atoms. The van der Waals surface area contributed by atoms with E-state index in [0.29, 0.717) is 0 Å². The van der Waals surface area contributed by atoms with Crippen LogP contribution in [-0.4, -0.2) is 12.4 Å². The normalized spacial score (nSPS) is 15.2. The van der Waals surface area contributed by atoms with Crippen molar-refractivity contribution in [1.82, 2.24) is 5.32 Å². The summed E-state index contributed by atoms with van der Waals surface area (Å²) < 4.78 is 0. The SMILES string of the molecule is C=C/C=C\C(=C/C)C(C)(NC(=NCCCC)c1ccccc1)c1cccc(N2C(=C)/C=C\c3ccccc3Cc3c(/C=C\C)c(C=C)c4ccccc4c32)c1. The maximum Gasteiger partial charge on any atom is 0.129 e. The zero-order valence-corrected chi connectivity index (χ0v) is 32.9. The molecule has 3 heteroatoms. The molecule has 55 heavy (non-hydrogen) atoms. The van der Waals surface area contributed by atoms with Gasteiger partial charge < -0.3 is 10.2 Å². The summed E-state index contributed by atoms with van der Waals surface area (Å²) in [4.78, 5) is 7.52. The van der Waals surface area contributed by atoms with E-state index in [1.165, 1.54) is 22.3 Å². The van der Waals surface area contributed by atoms with Gasteiger partial charge in [0.15, 0.2) is 0 Å². The molecule has 0 fully saturated rings. The first-order valence-electron chi connectivity index (χ1n) is 19.4. The van der Waals surface area contributed by atoms with E-state index in [4.69, 9.17) is 11.6 Å². The fourth-order valence-corrected chi connectivity index (χ4v) is 7.66. The van der Waals surface area contributed by atoms with Gasteiger partial charge in [-0.3, -0.25) is 4.99 Å². The van der Waals surface area contributed by atoms with Crippen molar-refractivity contribution in [2.75, 3.05) is 11.4 Å². The van der Waals surface area contributed by atoms with Crippen molar-refractivity contribution < 1.29 is 0 Å². The van der Waals surface area contributed by atoms with Gasteiger partial charge in [-0.05, 0) is 89.7 Å². The molecule has 5 aromatic rings. The average Bonchev–Trinajstić information content (AvgIpc) is 3.28. The van der Waals surface area contributed by atoms with Crippen LogP contribution in [0.3, 0.4) is 0 Å². The molecule has 0 spiro atoms. The van der Waals surface area contributed by atoms with Crippen LogP contribution >= 0.6 is 0 Å². The quantitative estimate of drug-likeness (QED) is 0.0602. The zero-order chi connectivity index (χ0) is 38.8. The van der Waals surface area contributed by atoms with Crippen LogP contribution in [0, 0.1) is 0 Å². The van der Waals surface area contributed by atoms with Gasteiger partial charge in [0.1, 0.15) is 5.84 Å². The summed E-state index contributed by atoms with van der Waals surface area (Å²) in [5.74, 6) is 0.866. The van der Waals surface area contributed by atoms with E-state index in [0.717, 1.165) is 81.8 Å². The molecule has 0 amide bonds. The van der Waals surface area contributed by atoms with Crippen molar-refractivity contribution in [1.29, 1.82) is 0 Å². The van der Waals surface area contributed by atoms with Gasteiger partial charge in [-0.15, -0.1) is 0 Å². The molecule has 1 N–H and O–H groups in total. The third-order valence-electron chi connectivity index (χ3n) is 10.5. The average molecular weight is 720 g/mol. The lowest BCUT2D eigenvalue weighted by Crippen LogP contribution is -2.45. The second-order valence-corrected chi connectivity index (χ2v) is 14.0. The molecule has 0 saturated heterocycles. The summed E-state index contributed by atoms with van der Waals surface area (Å²) in [6, 6.07) is 36.7. The van der Waals surface area contributed by atoms with E-state index in [-0.39, 0.29) is 0 Å². The predicted molar refractivity (Wildman–Crippen MR) is 241 cm³/mol. The Morgan fingerprint density at radius 2 is 1.62 bits per heavy atom. The highest BCUT2D eigenvalue weighted by molar-refractivity contribution is 6.06. The Kier molecular flexibility index (Phi) is 12.4. The van der Waals surface area contributed by atoms with E-state index >= 15 is 0 Å². The lowest BCUT2D eigenvalue weighted by molar-refractivity contribution is 0.526. The van der Waals surface area contributed by atoms with Crippen LogP contribution in [-0.2, 0) is 12.0 Å². The number of aliphatic imine (C=N–C) groups is 1. The van der Waals surface area contributed by atoms with Crippen molar-refractivity contribution in [2.24, 2.45) is 4.99 Å². The van der Waals surface area contributed by atoms with Crippen molar-refractivity contribution >= 4 is 46.2 Å². The van der Waals surface area contributed by atoms with Gasteiger partial charge >= 0.3 is 0 Å². The zero-order valence-electron chi connectivity index (χ0n) is 32.9. The number of nitrogens with zero attached hydrogens (tertiary/aromatic N) is 2. The van der Waals surface area contributed by atoms with Gasteiger partial charge in [0.2, 0.25) is 0 Å². The number of fused-ring (bicyclic) bond motifs is 4. The summed E-state index contributed by atoms with van der Waals surface area (Å²) in [7, 11) is 0. The number of allylic oxidation sites excluding steroid dienone is 5. The fraction of sp³-hybridized carbons (Fsp3) is 0.173. The number of benzene rings is 5. The van der Waals surface area contributed by atoms with Crippen molar-refractivity contribution in [3.05, 3.63) is 210 Å². The molecule has 1 heterocycles. The Morgan fingerprint density at radius 1 is 0.873 bits per heavy atom. The molecule has 3 nitrogen and oxygen atoms in total. The second-order valence-electron chi connectivity index (χ2n) is 14.0. The van der Waals surface area contributed by atoms with Crippen LogP contribution in [0.25, 0.3) is 29.0 Å². The summed E-state index contributed by atoms with van der Waals surface area (Å²) in [5.41, 5.74) is 11.6. The minimum Gasteiger partial charge on any atom is -0.357 e. The summed E-state index contributed by atoms with van der Waals surface area (Å²) in [5, 5.41) is 6.28. The maximum atomic E-state index is 5.16. The molecule has 6 rings (SSSR count). The summed E-state index contributed by atoms with van der Waals surface area (Å²) in [6.45, 7) is 22.4. The number of hydrogen-bond acceptors (Lipinski definition) is 2. The summed E-state index contributed by atoms with van der Waals surface area (Å²) in [6.07, 6.45) is 21.7. The standard InChI is InChI=1S/C52H53N3/c1-8-13-28-42(11-4)52(7,54-51(53-35-14-9-2)40-25-16-15-17-26-40)43-29-22-30-44(37-43)55-38(6)33-34-39-24-18-19-27-41(39)36-49-46(23-10-3)45(12-5)47-31-20-21-32-48(47)50(49)55/h8,10-13,15-34,37H,1,5-6,9,14,35-36H2,2-4,7H3,(H,53,54)/b23-10-,28-13-,34-33-,42-11+. The molecule has 276 valence electrons. The van der Waals surface area contributed by atoms with Crippen molar-refractivity contribution in [3.63, 3.8) is 0 Å². The molecule has 5 aromatic carbocycles. The fourth-order valence-electron chi connectivity index (χ4n) is 7.66. The first kappa shape index (κ1) is 38.5. The Morgan fingerprint density at radius 3 is 2.35 bits per heavy atom. The third-order valence-corrected chi connectivity index (χ3v) is 10.5. The van der Waals surface area contributed by atoms with Gasteiger partial charge in [-0.2, -0.15) is 0 Å². The molecule has 1 aliphatic rings. The molecule has 1 atom stereocenters. The molecule has 1 aliphatic heterocycles. The monoisotopic (exact) mass is 719 g/mol. The molecular weight excluding hydrogens is 667 g/mol.